The second-order valence-electron chi connectivity index (χ2n) is 5.54. The fourth-order valence-electron chi connectivity index (χ4n) is 2.92. The molecule has 3 rings (SSSR count). The van der Waals surface area contributed by atoms with Crippen molar-refractivity contribution >= 4 is 0 Å². The Labute approximate surface area is 125 Å². The molecule has 21 heavy (non-hydrogen) atoms. The zero-order valence-corrected chi connectivity index (χ0v) is 12.3. The minimum absolute atomic E-state index is 0.103. The Kier molecular flexibility index (Phi) is 4.06. The minimum atomic E-state index is -1.24. The van der Waals surface area contributed by atoms with Crippen LogP contribution in [0.4, 0.5) is 0 Å². The Bertz CT molecular complexity index is 572. The summed E-state index contributed by atoms with van der Waals surface area (Å²) in [6.07, 6.45) is 0. The van der Waals surface area contributed by atoms with Gasteiger partial charge in [-0.25, -0.2) is 0 Å². The van der Waals surface area contributed by atoms with Crippen molar-refractivity contribution in [3.05, 3.63) is 71.8 Å². The first kappa shape index (κ1) is 14.3. The molecule has 1 heterocycles. The number of hydrogen-bond donors (Lipinski definition) is 1. The fraction of sp³-hybridized carbons (Fsp3) is 0.333. The predicted molar refractivity (Wildman–Crippen MR) is 82.6 cm³/mol. The predicted octanol–water partition coefficient (Wildman–Crippen LogP) is 2.75. The topological polar surface area (TPSA) is 32.7 Å². The van der Waals surface area contributed by atoms with Gasteiger partial charge in [-0.2, -0.15) is 0 Å². The lowest BCUT2D eigenvalue weighted by molar-refractivity contribution is -0.276. The van der Waals surface area contributed by atoms with Crippen molar-refractivity contribution in [3.63, 3.8) is 0 Å². The molecule has 1 aliphatic rings. The zero-order valence-electron chi connectivity index (χ0n) is 12.3. The van der Waals surface area contributed by atoms with Gasteiger partial charge < -0.3 is 9.84 Å². The number of hydrogen-bond acceptors (Lipinski definition) is 3. The van der Waals surface area contributed by atoms with Crippen molar-refractivity contribution in [1.82, 2.24) is 4.90 Å². The Morgan fingerprint density at radius 3 is 2.38 bits per heavy atom. The smallest absolute Gasteiger partial charge is 0.208 e. The third-order valence-electron chi connectivity index (χ3n) is 4.23. The van der Waals surface area contributed by atoms with Crippen LogP contribution >= 0.6 is 0 Å². The van der Waals surface area contributed by atoms with Gasteiger partial charge in [0.2, 0.25) is 5.79 Å². The Balaban J connectivity index is 1.82. The van der Waals surface area contributed by atoms with E-state index >= 15 is 0 Å². The average Bonchev–Trinajstić information content (AvgIpc) is 2.54. The first-order valence-electron chi connectivity index (χ1n) is 7.40. The van der Waals surface area contributed by atoms with Crippen molar-refractivity contribution in [1.29, 1.82) is 0 Å². The standard InChI is InChI=1S/C18H21NO2/c1-15-18(20,17-10-6-3-7-11-17)21-13-12-19(15)14-16-8-4-2-5-9-16/h2-11,15,20H,12-14H2,1H3. The molecule has 1 saturated heterocycles. The van der Waals surface area contributed by atoms with E-state index in [-0.39, 0.29) is 6.04 Å². The summed E-state index contributed by atoms with van der Waals surface area (Å²) in [5.74, 6) is -1.24. The number of ether oxygens (including phenoxy) is 1. The zero-order chi connectivity index (χ0) is 14.7. The summed E-state index contributed by atoms with van der Waals surface area (Å²) in [5, 5.41) is 11.0. The van der Waals surface area contributed by atoms with Gasteiger partial charge in [-0.1, -0.05) is 60.7 Å². The molecule has 2 atom stereocenters. The third kappa shape index (κ3) is 2.86. The maximum Gasteiger partial charge on any atom is 0.208 e. The van der Waals surface area contributed by atoms with Gasteiger partial charge in [0.05, 0.1) is 12.6 Å². The molecule has 0 radical (unpaired) electrons. The fourth-order valence-corrected chi connectivity index (χ4v) is 2.92. The van der Waals surface area contributed by atoms with Crippen LogP contribution in [0.15, 0.2) is 60.7 Å². The van der Waals surface area contributed by atoms with E-state index in [9.17, 15) is 5.11 Å². The molecule has 110 valence electrons. The van der Waals surface area contributed by atoms with Gasteiger partial charge in [-0.15, -0.1) is 0 Å². The molecule has 1 N–H and O–H groups in total. The molecule has 1 aliphatic heterocycles. The van der Waals surface area contributed by atoms with E-state index < -0.39 is 5.79 Å². The van der Waals surface area contributed by atoms with Crippen LogP contribution in [-0.4, -0.2) is 29.2 Å². The normalized spacial score (nSPS) is 26.7. The largest absolute Gasteiger partial charge is 0.361 e. The lowest BCUT2D eigenvalue weighted by Gasteiger charge is -2.45. The molecule has 1 fully saturated rings. The van der Waals surface area contributed by atoms with Crippen molar-refractivity contribution < 1.29 is 9.84 Å². The molecule has 0 spiro atoms. The lowest BCUT2D eigenvalue weighted by Crippen LogP contribution is -2.56. The number of nitrogens with zero attached hydrogens (tertiary/aromatic N) is 1. The summed E-state index contributed by atoms with van der Waals surface area (Å²) in [6, 6.07) is 19.9. The van der Waals surface area contributed by atoms with Gasteiger partial charge in [-0.3, -0.25) is 4.90 Å². The van der Waals surface area contributed by atoms with Crippen LogP contribution in [0.5, 0.6) is 0 Å². The van der Waals surface area contributed by atoms with Gasteiger partial charge in [0.25, 0.3) is 0 Å². The van der Waals surface area contributed by atoms with Gasteiger partial charge in [0.1, 0.15) is 0 Å². The average molecular weight is 283 g/mol. The molecule has 0 bridgehead atoms. The molecule has 0 saturated carbocycles. The molecule has 3 heteroatoms. The van der Waals surface area contributed by atoms with Crippen LogP contribution in [-0.2, 0) is 17.1 Å². The molecule has 2 unspecified atom stereocenters. The van der Waals surface area contributed by atoms with Crippen molar-refractivity contribution in [3.8, 4) is 0 Å². The monoisotopic (exact) mass is 283 g/mol. The Morgan fingerprint density at radius 1 is 1.10 bits per heavy atom. The highest BCUT2D eigenvalue weighted by Crippen LogP contribution is 2.33. The van der Waals surface area contributed by atoms with Crippen LogP contribution < -0.4 is 0 Å². The molecule has 2 aromatic carbocycles. The first-order chi connectivity index (χ1) is 10.2. The highest BCUT2D eigenvalue weighted by atomic mass is 16.6. The maximum absolute atomic E-state index is 11.0. The SMILES string of the molecule is CC1N(Cc2ccccc2)CCOC1(O)c1ccccc1. The van der Waals surface area contributed by atoms with Crippen LogP contribution in [0.2, 0.25) is 0 Å². The van der Waals surface area contributed by atoms with Gasteiger partial charge in [0, 0.05) is 18.7 Å². The molecule has 0 aliphatic carbocycles. The van der Waals surface area contributed by atoms with Crippen LogP contribution in [0, 0.1) is 0 Å². The quantitative estimate of drug-likeness (QED) is 0.940. The summed E-state index contributed by atoms with van der Waals surface area (Å²) in [4.78, 5) is 2.27. The lowest BCUT2D eigenvalue weighted by atomic mass is 9.96. The van der Waals surface area contributed by atoms with Crippen LogP contribution in [0.25, 0.3) is 0 Å². The summed E-state index contributed by atoms with van der Waals surface area (Å²) in [6.45, 7) is 4.20. The summed E-state index contributed by atoms with van der Waals surface area (Å²) < 4.78 is 5.75. The third-order valence-corrected chi connectivity index (χ3v) is 4.23. The second kappa shape index (κ2) is 5.98. The maximum atomic E-state index is 11.0. The van der Waals surface area contributed by atoms with Crippen molar-refractivity contribution in [2.45, 2.75) is 25.3 Å². The molecule has 2 aromatic rings. The Morgan fingerprint density at radius 2 is 1.71 bits per heavy atom. The first-order valence-corrected chi connectivity index (χ1v) is 7.40. The van der Waals surface area contributed by atoms with Gasteiger partial charge in [0.15, 0.2) is 0 Å². The van der Waals surface area contributed by atoms with Crippen LogP contribution in [0.1, 0.15) is 18.1 Å². The minimum Gasteiger partial charge on any atom is -0.361 e. The van der Waals surface area contributed by atoms with Crippen molar-refractivity contribution in [2.75, 3.05) is 13.2 Å². The summed E-state index contributed by atoms with van der Waals surface area (Å²) in [7, 11) is 0. The highest BCUT2D eigenvalue weighted by Gasteiger charge is 2.43. The van der Waals surface area contributed by atoms with E-state index in [1.54, 1.807) is 0 Å². The number of benzene rings is 2. The van der Waals surface area contributed by atoms with Gasteiger partial charge in [-0.05, 0) is 12.5 Å². The van der Waals surface area contributed by atoms with Gasteiger partial charge >= 0.3 is 0 Å². The number of aliphatic hydroxyl groups is 1. The molecule has 3 nitrogen and oxygen atoms in total. The molecular formula is C18H21NO2. The molecule has 0 aromatic heterocycles. The van der Waals surface area contributed by atoms with E-state index in [1.165, 1.54) is 5.56 Å². The van der Waals surface area contributed by atoms with E-state index in [4.69, 9.17) is 4.74 Å². The molecular weight excluding hydrogens is 262 g/mol. The van der Waals surface area contributed by atoms with Crippen molar-refractivity contribution in [2.24, 2.45) is 0 Å². The van der Waals surface area contributed by atoms with Crippen LogP contribution in [0.3, 0.4) is 0 Å². The summed E-state index contributed by atoms with van der Waals surface area (Å²) in [5.41, 5.74) is 2.07. The summed E-state index contributed by atoms with van der Waals surface area (Å²) >= 11 is 0. The van der Waals surface area contributed by atoms with E-state index in [2.05, 4.69) is 17.0 Å². The number of rotatable bonds is 3. The van der Waals surface area contributed by atoms with E-state index in [0.717, 1.165) is 18.7 Å². The molecule has 0 amide bonds. The van der Waals surface area contributed by atoms with E-state index in [0.29, 0.717) is 6.61 Å². The van der Waals surface area contributed by atoms with E-state index in [1.807, 2.05) is 55.5 Å². The highest BCUT2D eigenvalue weighted by molar-refractivity contribution is 5.23. The number of morpholine rings is 1. The second-order valence-corrected chi connectivity index (χ2v) is 5.54. The Hall–Kier alpha value is -1.68.